The van der Waals surface area contributed by atoms with Crippen LogP contribution < -0.4 is 0 Å². The number of allylic oxidation sites excluding steroid dienone is 1. The Hall–Kier alpha value is -2.60. The van der Waals surface area contributed by atoms with Crippen LogP contribution in [0.1, 0.15) is 11.1 Å². The minimum atomic E-state index is 1.26. The number of fused-ring (bicyclic) bond motifs is 1. The normalized spacial score (nSPS) is 12.4. The summed E-state index contributed by atoms with van der Waals surface area (Å²) in [6.07, 6.45) is 6.48. The second-order valence-corrected chi connectivity index (χ2v) is 5.28. The van der Waals surface area contributed by atoms with E-state index in [1.54, 1.807) is 0 Å². The van der Waals surface area contributed by atoms with E-state index >= 15 is 0 Å². The molecular weight excluding hydrogens is 252 g/mol. The molecule has 4 rings (SSSR count). The first-order valence-electron chi connectivity index (χ1n) is 7.22. The maximum atomic E-state index is 2.27. The fourth-order valence-corrected chi connectivity index (χ4v) is 2.91. The van der Waals surface area contributed by atoms with Crippen molar-refractivity contribution >= 4 is 6.08 Å². The van der Waals surface area contributed by atoms with Crippen LogP contribution in [-0.2, 0) is 0 Å². The van der Waals surface area contributed by atoms with Crippen LogP contribution in [-0.4, -0.2) is 0 Å². The third kappa shape index (κ3) is 2.19. The number of benzene rings is 3. The molecular formula is C21H15. The largest absolute Gasteiger partial charge is 0.0754 e. The van der Waals surface area contributed by atoms with E-state index in [1.807, 2.05) is 0 Å². The van der Waals surface area contributed by atoms with Crippen molar-refractivity contribution in [3.05, 3.63) is 96.4 Å². The Morgan fingerprint density at radius 3 is 2.24 bits per heavy atom. The van der Waals surface area contributed by atoms with Gasteiger partial charge in [0.05, 0.1) is 0 Å². The number of rotatable bonds is 2. The van der Waals surface area contributed by atoms with Gasteiger partial charge in [-0.25, -0.2) is 0 Å². The van der Waals surface area contributed by atoms with Crippen LogP contribution in [0.3, 0.4) is 0 Å². The summed E-state index contributed by atoms with van der Waals surface area (Å²) >= 11 is 0. The zero-order valence-electron chi connectivity index (χ0n) is 11.7. The molecule has 99 valence electrons. The van der Waals surface area contributed by atoms with Gasteiger partial charge in [0.15, 0.2) is 0 Å². The minimum absolute atomic E-state index is 1.26. The molecule has 1 aliphatic rings. The molecule has 21 heavy (non-hydrogen) atoms. The fourth-order valence-electron chi connectivity index (χ4n) is 2.91. The van der Waals surface area contributed by atoms with E-state index in [-0.39, 0.29) is 0 Å². The van der Waals surface area contributed by atoms with E-state index in [1.165, 1.54) is 33.4 Å². The fraction of sp³-hybridized carbons (Fsp3) is 0. The summed E-state index contributed by atoms with van der Waals surface area (Å²) in [6, 6.07) is 25.8. The van der Waals surface area contributed by atoms with Crippen molar-refractivity contribution in [2.24, 2.45) is 0 Å². The lowest BCUT2D eigenvalue weighted by Gasteiger charge is -2.10. The molecule has 0 N–H and O–H groups in total. The standard InChI is InChI=1S/C21H15/c1-2-7-16(8-3-1)18-11-4-12-19(15-18)21-14-6-10-17-9-5-13-20(17)21/h1-15H. The third-order valence-corrected chi connectivity index (χ3v) is 3.96. The highest BCUT2D eigenvalue weighted by Gasteiger charge is 2.11. The van der Waals surface area contributed by atoms with Gasteiger partial charge in [-0.3, -0.25) is 0 Å². The summed E-state index contributed by atoms with van der Waals surface area (Å²) in [6.45, 7) is 0. The van der Waals surface area contributed by atoms with Gasteiger partial charge >= 0.3 is 0 Å². The van der Waals surface area contributed by atoms with Crippen LogP contribution >= 0.6 is 0 Å². The van der Waals surface area contributed by atoms with Crippen molar-refractivity contribution in [1.82, 2.24) is 0 Å². The highest BCUT2D eigenvalue weighted by atomic mass is 14.2. The molecule has 3 aromatic carbocycles. The Labute approximate surface area is 125 Å². The molecule has 0 heterocycles. The first-order chi connectivity index (χ1) is 10.4. The van der Waals surface area contributed by atoms with Crippen LogP contribution in [0.15, 0.2) is 78.9 Å². The molecule has 0 heteroatoms. The molecule has 0 bridgehead atoms. The van der Waals surface area contributed by atoms with E-state index in [2.05, 4.69) is 91.4 Å². The number of hydrogen-bond acceptors (Lipinski definition) is 0. The molecule has 0 aliphatic heterocycles. The van der Waals surface area contributed by atoms with Gasteiger partial charge in [0.2, 0.25) is 0 Å². The van der Waals surface area contributed by atoms with Crippen LogP contribution in [0.25, 0.3) is 28.3 Å². The van der Waals surface area contributed by atoms with Crippen molar-refractivity contribution in [3.8, 4) is 22.3 Å². The molecule has 0 unspecified atom stereocenters. The topological polar surface area (TPSA) is 0 Å². The molecule has 0 aromatic heterocycles. The summed E-state index contributed by atoms with van der Waals surface area (Å²) in [7, 11) is 0. The van der Waals surface area contributed by atoms with Gasteiger partial charge in [-0.1, -0.05) is 78.9 Å². The Morgan fingerprint density at radius 1 is 0.571 bits per heavy atom. The molecule has 0 spiro atoms. The average molecular weight is 267 g/mol. The Balaban J connectivity index is 1.84. The van der Waals surface area contributed by atoms with Gasteiger partial charge in [0.25, 0.3) is 0 Å². The van der Waals surface area contributed by atoms with Crippen LogP contribution in [0.4, 0.5) is 0 Å². The highest BCUT2D eigenvalue weighted by molar-refractivity contribution is 5.83. The van der Waals surface area contributed by atoms with Crippen LogP contribution in [0.2, 0.25) is 0 Å². The lowest BCUT2D eigenvalue weighted by molar-refractivity contribution is 1.52. The molecule has 0 fully saturated rings. The van der Waals surface area contributed by atoms with Gasteiger partial charge in [-0.05, 0) is 39.4 Å². The Kier molecular flexibility index (Phi) is 2.93. The van der Waals surface area contributed by atoms with Gasteiger partial charge < -0.3 is 0 Å². The van der Waals surface area contributed by atoms with Crippen molar-refractivity contribution in [1.29, 1.82) is 0 Å². The van der Waals surface area contributed by atoms with Gasteiger partial charge in [0.1, 0.15) is 0 Å². The van der Waals surface area contributed by atoms with E-state index in [4.69, 9.17) is 0 Å². The zero-order valence-corrected chi connectivity index (χ0v) is 11.7. The summed E-state index contributed by atoms with van der Waals surface area (Å²) in [5.74, 6) is 0. The molecule has 3 aromatic rings. The van der Waals surface area contributed by atoms with Crippen LogP contribution in [0.5, 0.6) is 0 Å². The van der Waals surface area contributed by atoms with Gasteiger partial charge in [0, 0.05) is 6.42 Å². The maximum absolute atomic E-state index is 2.27. The first-order valence-corrected chi connectivity index (χ1v) is 7.22. The number of hydrogen-bond donors (Lipinski definition) is 0. The highest BCUT2D eigenvalue weighted by Crippen LogP contribution is 2.33. The monoisotopic (exact) mass is 267 g/mol. The quantitative estimate of drug-likeness (QED) is 0.567. The molecule has 1 aliphatic carbocycles. The van der Waals surface area contributed by atoms with Crippen molar-refractivity contribution in [2.45, 2.75) is 0 Å². The van der Waals surface area contributed by atoms with E-state index in [9.17, 15) is 0 Å². The second-order valence-electron chi connectivity index (χ2n) is 5.28. The lowest BCUT2D eigenvalue weighted by Crippen LogP contribution is -1.87. The molecule has 0 saturated heterocycles. The molecule has 0 nitrogen and oxygen atoms in total. The average Bonchev–Trinajstić information content (AvgIpc) is 3.04. The maximum Gasteiger partial charge on any atom is 0.0131 e. The summed E-state index contributed by atoms with van der Waals surface area (Å²) in [5.41, 5.74) is 7.72. The second kappa shape index (κ2) is 5.06. The zero-order chi connectivity index (χ0) is 14.1. The van der Waals surface area contributed by atoms with E-state index in [0.29, 0.717) is 0 Å². The smallest absolute Gasteiger partial charge is 0.0131 e. The Bertz CT molecular complexity index is 810. The molecule has 0 amide bonds. The molecule has 0 saturated carbocycles. The predicted octanol–water partition coefficient (Wildman–Crippen LogP) is 5.60. The van der Waals surface area contributed by atoms with Gasteiger partial charge in [-0.15, -0.1) is 0 Å². The minimum Gasteiger partial charge on any atom is -0.0754 e. The summed E-state index contributed by atoms with van der Waals surface area (Å²) in [4.78, 5) is 0. The first kappa shape index (κ1) is 12.2. The molecule has 1 radical (unpaired) electrons. The van der Waals surface area contributed by atoms with Gasteiger partial charge in [-0.2, -0.15) is 0 Å². The summed E-state index contributed by atoms with van der Waals surface area (Å²) < 4.78 is 0. The van der Waals surface area contributed by atoms with Crippen molar-refractivity contribution < 1.29 is 0 Å². The SMILES string of the molecule is [CH]1C=Cc2c1cccc2-c1cccc(-c2ccccc2)c1. The molecule has 0 atom stereocenters. The Morgan fingerprint density at radius 2 is 1.33 bits per heavy atom. The van der Waals surface area contributed by atoms with E-state index in [0.717, 1.165) is 0 Å². The third-order valence-electron chi connectivity index (χ3n) is 3.96. The lowest BCUT2D eigenvalue weighted by atomic mass is 9.94. The van der Waals surface area contributed by atoms with Crippen LogP contribution in [0, 0.1) is 6.42 Å². The summed E-state index contributed by atoms with van der Waals surface area (Å²) in [5, 5.41) is 0. The van der Waals surface area contributed by atoms with Crippen molar-refractivity contribution in [2.75, 3.05) is 0 Å². The predicted molar refractivity (Wildman–Crippen MR) is 89.8 cm³/mol. The van der Waals surface area contributed by atoms with Crippen molar-refractivity contribution in [3.63, 3.8) is 0 Å². The van der Waals surface area contributed by atoms with E-state index < -0.39 is 0 Å².